The fourth-order valence-corrected chi connectivity index (χ4v) is 2.16. The molecule has 1 heterocycles. The maximum Gasteiger partial charge on any atom is 0.348 e. The number of H-pyrrole nitrogens is 1. The van der Waals surface area contributed by atoms with E-state index in [1.54, 1.807) is 56.5 Å². The molecule has 2 aromatic rings. The summed E-state index contributed by atoms with van der Waals surface area (Å²) in [4.78, 5) is 15.1. The first kappa shape index (κ1) is 16.3. The molecule has 0 radical (unpaired) electrons. The van der Waals surface area contributed by atoms with Gasteiger partial charge in [0.2, 0.25) is 5.60 Å². The lowest BCUT2D eigenvalue weighted by Crippen LogP contribution is -2.37. The summed E-state index contributed by atoms with van der Waals surface area (Å²) in [5.41, 5.74) is -0.762. The smallest absolute Gasteiger partial charge is 0.348 e. The molecular formula is C17H18ClNO3. The van der Waals surface area contributed by atoms with Crippen molar-refractivity contribution in [3.63, 3.8) is 0 Å². The summed E-state index contributed by atoms with van der Waals surface area (Å²) >= 11 is 5.93. The number of halogens is 1. The SMILES string of the molecule is CC(C)OC(=O)[C@@](O)(/C=C/c1cccc(Cl)c1)c1ccc[nH]1. The Hall–Kier alpha value is -2.04. The molecular weight excluding hydrogens is 302 g/mol. The zero-order valence-electron chi connectivity index (χ0n) is 12.4. The van der Waals surface area contributed by atoms with Gasteiger partial charge >= 0.3 is 5.97 Å². The number of aromatic nitrogens is 1. The molecule has 0 spiro atoms. The van der Waals surface area contributed by atoms with Crippen LogP contribution in [0.25, 0.3) is 6.08 Å². The molecule has 0 saturated heterocycles. The summed E-state index contributed by atoms with van der Waals surface area (Å²) in [6.45, 7) is 3.46. The largest absolute Gasteiger partial charge is 0.460 e. The lowest BCUT2D eigenvalue weighted by Gasteiger charge is -2.23. The van der Waals surface area contributed by atoms with E-state index in [0.717, 1.165) is 5.56 Å². The van der Waals surface area contributed by atoms with Gasteiger partial charge in [-0.05, 0) is 49.8 Å². The Morgan fingerprint density at radius 1 is 1.36 bits per heavy atom. The Bertz CT molecular complexity index is 664. The number of benzene rings is 1. The van der Waals surface area contributed by atoms with Crippen molar-refractivity contribution >= 4 is 23.6 Å². The molecule has 0 fully saturated rings. The van der Waals surface area contributed by atoms with E-state index in [-0.39, 0.29) is 6.10 Å². The number of hydrogen-bond donors (Lipinski definition) is 2. The van der Waals surface area contributed by atoms with Crippen molar-refractivity contribution < 1.29 is 14.6 Å². The molecule has 0 aliphatic carbocycles. The zero-order chi connectivity index (χ0) is 16.2. The Morgan fingerprint density at radius 3 is 2.73 bits per heavy atom. The van der Waals surface area contributed by atoms with Gasteiger partial charge in [0.15, 0.2) is 0 Å². The third-order valence-corrected chi connectivity index (χ3v) is 3.26. The molecule has 2 N–H and O–H groups in total. The second-order valence-corrected chi connectivity index (χ2v) is 5.63. The van der Waals surface area contributed by atoms with Crippen LogP contribution in [0.1, 0.15) is 25.1 Å². The Kier molecular flexibility index (Phi) is 5.06. The summed E-state index contributed by atoms with van der Waals surface area (Å²) < 4.78 is 5.17. The zero-order valence-corrected chi connectivity index (χ0v) is 13.2. The van der Waals surface area contributed by atoms with E-state index in [1.165, 1.54) is 6.08 Å². The number of aliphatic hydroxyl groups is 1. The number of ether oxygens (including phenoxy) is 1. The highest BCUT2D eigenvalue weighted by Crippen LogP contribution is 2.25. The second kappa shape index (κ2) is 6.81. The normalized spacial score (nSPS) is 14.2. The van der Waals surface area contributed by atoms with Crippen LogP contribution in [0.5, 0.6) is 0 Å². The predicted octanol–water partition coefficient (Wildman–Crippen LogP) is 3.52. The first-order valence-electron chi connectivity index (χ1n) is 6.94. The third kappa shape index (κ3) is 3.78. The van der Waals surface area contributed by atoms with Crippen LogP contribution < -0.4 is 0 Å². The van der Waals surface area contributed by atoms with E-state index in [0.29, 0.717) is 10.7 Å². The Labute approximate surface area is 134 Å². The predicted molar refractivity (Wildman–Crippen MR) is 86.4 cm³/mol. The van der Waals surface area contributed by atoms with Crippen LogP contribution in [-0.2, 0) is 15.1 Å². The van der Waals surface area contributed by atoms with Crippen LogP contribution in [0.15, 0.2) is 48.7 Å². The van der Waals surface area contributed by atoms with Crippen molar-refractivity contribution in [1.29, 1.82) is 0 Å². The topological polar surface area (TPSA) is 62.3 Å². The van der Waals surface area contributed by atoms with Gasteiger partial charge in [-0.25, -0.2) is 4.79 Å². The highest BCUT2D eigenvalue weighted by atomic mass is 35.5. The number of nitrogens with one attached hydrogen (secondary N) is 1. The van der Waals surface area contributed by atoms with Gasteiger partial charge in [-0.15, -0.1) is 0 Å². The monoisotopic (exact) mass is 319 g/mol. The summed E-state index contributed by atoms with van der Waals surface area (Å²) in [5.74, 6) is -0.733. The number of aromatic amines is 1. The van der Waals surface area contributed by atoms with Gasteiger partial charge in [-0.1, -0.05) is 29.8 Å². The maximum atomic E-state index is 12.3. The van der Waals surface area contributed by atoms with Gasteiger partial charge in [-0.3, -0.25) is 0 Å². The fraction of sp³-hybridized carbons (Fsp3) is 0.235. The van der Waals surface area contributed by atoms with Gasteiger partial charge in [0.05, 0.1) is 11.8 Å². The highest BCUT2D eigenvalue weighted by Gasteiger charge is 2.38. The van der Waals surface area contributed by atoms with E-state index in [9.17, 15) is 9.90 Å². The van der Waals surface area contributed by atoms with Crippen molar-refractivity contribution in [1.82, 2.24) is 4.98 Å². The molecule has 0 aliphatic rings. The minimum Gasteiger partial charge on any atom is -0.460 e. The van der Waals surface area contributed by atoms with E-state index < -0.39 is 11.6 Å². The van der Waals surface area contributed by atoms with Gasteiger partial charge in [0.1, 0.15) is 0 Å². The fourth-order valence-electron chi connectivity index (χ4n) is 1.97. The highest BCUT2D eigenvalue weighted by molar-refractivity contribution is 6.30. The summed E-state index contributed by atoms with van der Waals surface area (Å²) in [6, 6.07) is 10.4. The quantitative estimate of drug-likeness (QED) is 0.829. The lowest BCUT2D eigenvalue weighted by molar-refractivity contribution is -0.165. The van der Waals surface area contributed by atoms with Gasteiger partial charge in [-0.2, -0.15) is 0 Å². The number of carbonyl (C=O) groups excluding carboxylic acids is 1. The number of esters is 1. The van der Waals surface area contributed by atoms with Gasteiger partial charge < -0.3 is 14.8 Å². The molecule has 1 aromatic carbocycles. The van der Waals surface area contributed by atoms with Crippen LogP contribution in [0.3, 0.4) is 0 Å². The molecule has 5 heteroatoms. The molecule has 0 amide bonds. The second-order valence-electron chi connectivity index (χ2n) is 5.19. The molecule has 4 nitrogen and oxygen atoms in total. The minimum absolute atomic E-state index is 0.325. The Balaban J connectivity index is 2.35. The van der Waals surface area contributed by atoms with Crippen LogP contribution in [0.4, 0.5) is 0 Å². The van der Waals surface area contributed by atoms with Crippen molar-refractivity contribution in [2.45, 2.75) is 25.6 Å². The molecule has 1 atom stereocenters. The van der Waals surface area contributed by atoms with Crippen LogP contribution in [0, 0.1) is 0 Å². The average molecular weight is 320 g/mol. The van der Waals surface area contributed by atoms with Crippen LogP contribution in [0.2, 0.25) is 5.02 Å². The molecule has 0 unspecified atom stereocenters. The number of carbonyl (C=O) groups is 1. The molecule has 22 heavy (non-hydrogen) atoms. The lowest BCUT2D eigenvalue weighted by atomic mass is 9.98. The average Bonchev–Trinajstić information content (AvgIpc) is 2.98. The molecule has 1 aromatic heterocycles. The minimum atomic E-state index is -1.88. The molecule has 0 aliphatic heterocycles. The van der Waals surface area contributed by atoms with Crippen LogP contribution in [-0.4, -0.2) is 22.2 Å². The number of hydrogen-bond acceptors (Lipinski definition) is 3. The molecule has 116 valence electrons. The summed E-state index contributed by atoms with van der Waals surface area (Å²) in [7, 11) is 0. The van der Waals surface area contributed by atoms with Gasteiger partial charge in [0, 0.05) is 11.2 Å². The van der Waals surface area contributed by atoms with Crippen molar-refractivity contribution in [3.05, 3.63) is 65.0 Å². The van der Waals surface area contributed by atoms with E-state index in [4.69, 9.17) is 16.3 Å². The third-order valence-electron chi connectivity index (χ3n) is 3.03. The molecule has 0 bridgehead atoms. The van der Waals surface area contributed by atoms with Crippen molar-refractivity contribution in [2.75, 3.05) is 0 Å². The summed E-state index contributed by atoms with van der Waals surface area (Å²) in [6.07, 6.45) is 4.34. The van der Waals surface area contributed by atoms with E-state index in [2.05, 4.69) is 4.98 Å². The Morgan fingerprint density at radius 2 is 2.14 bits per heavy atom. The molecule has 2 rings (SSSR count). The van der Waals surface area contributed by atoms with Crippen molar-refractivity contribution in [3.8, 4) is 0 Å². The molecule has 0 saturated carbocycles. The van der Waals surface area contributed by atoms with Gasteiger partial charge in [0.25, 0.3) is 0 Å². The maximum absolute atomic E-state index is 12.3. The standard InChI is InChI=1S/C17H18ClNO3/c1-12(2)22-16(20)17(21,15-7-4-10-19-15)9-8-13-5-3-6-14(18)11-13/h3-12,19,21H,1-2H3/b9-8+/t17-/m1/s1. The van der Waals surface area contributed by atoms with Crippen LogP contribution >= 0.6 is 11.6 Å². The first-order chi connectivity index (χ1) is 10.4. The number of rotatable bonds is 5. The van der Waals surface area contributed by atoms with Crippen molar-refractivity contribution in [2.24, 2.45) is 0 Å². The van der Waals surface area contributed by atoms with E-state index in [1.807, 2.05) is 6.07 Å². The summed E-state index contributed by atoms with van der Waals surface area (Å²) in [5, 5.41) is 11.4. The first-order valence-corrected chi connectivity index (χ1v) is 7.32. The van der Waals surface area contributed by atoms with E-state index >= 15 is 0 Å².